The van der Waals surface area contributed by atoms with Crippen LogP contribution in [0.4, 0.5) is 11.4 Å². The third-order valence-corrected chi connectivity index (χ3v) is 4.36. The van der Waals surface area contributed by atoms with Gasteiger partial charge in [0, 0.05) is 37.4 Å². The highest BCUT2D eigenvalue weighted by Crippen LogP contribution is 2.28. The first-order valence-electron chi connectivity index (χ1n) is 7.53. The van der Waals surface area contributed by atoms with E-state index in [4.69, 9.17) is 5.11 Å². The highest BCUT2D eigenvalue weighted by Gasteiger charge is 2.34. The first-order chi connectivity index (χ1) is 10.1. The molecule has 0 aromatic heterocycles. The van der Waals surface area contributed by atoms with Crippen LogP contribution >= 0.6 is 0 Å². The zero-order valence-electron chi connectivity index (χ0n) is 12.0. The largest absolute Gasteiger partial charge is 0.481 e. The Kier molecular flexibility index (Phi) is 3.82. The predicted octanol–water partition coefficient (Wildman–Crippen LogP) is 2.11. The van der Waals surface area contributed by atoms with E-state index in [1.54, 1.807) is 4.90 Å². The quantitative estimate of drug-likeness (QED) is 0.925. The van der Waals surface area contributed by atoms with E-state index >= 15 is 0 Å². The van der Waals surface area contributed by atoms with Crippen LogP contribution in [-0.4, -0.2) is 36.6 Å². The molecule has 1 atom stereocenters. The van der Waals surface area contributed by atoms with Crippen molar-refractivity contribution < 1.29 is 14.7 Å². The lowest BCUT2D eigenvalue weighted by atomic mass is 10.1. The molecular weight excluding hydrogens is 268 g/mol. The molecule has 0 bridgehead atoms. The van der Waals surface area contributed by atoms with E-state index < -0.39 is 11.9 Å². The first kappa shape index (κ1) is 13.9. The predicted molar refractivity (Wildman–Crippen MR) is 80.6 cm³/mol. The summed E-state index contributed by atoms with van der Waals surface area (Å²) in [5.41, 5.74) is 1.98. The minimum Gasteiger partial charge on any atom is -0.481 e. The first-order valence-corrected chi connectivity index (χ1v) is 7.53. The van der Waals surface area contributed by atoms with Crippen molar-refractivity contribution >= 4 is 23.3 Å². The van der Waals surface area contributed by atoms with Crippen LogP contribution in [0.3, 0.4) is 0 Å². The highest BCUT2D eigenvalue weighted by atomic mass is 16.4. The monoisotopic (exact) mass is 288 g/mol. The van der Waals surface area contributed by atoms with Gasteiger partial charge in [0.2, 0.25) is 5.91 Å². The number of rotatable bonds is 3. The zero-order valence-corrected chi connectivity index (χ0v) is 12.0. The van der Waals surface area contributed by atoms with Crippen LogP contribution in [0, 0.1) is 5.92 Å². The Hall–Kier alpha value is -2.04. The van der Waals surface area contributed by atoms with Crippen LogP contribution in [0.25, 0.3) is 0 Å². The maximum absolute atomic E-state index is 11.9. The fraction of sp³-hybridized carbons (Fsp3) is 0.500. The van der Waals surface area contributed by atoms with Gasteiger partial charge in [-0.15, -0.1) is 0 Å². The summed E-state index contributed by atoms with van der Waals surface area (Å²) in [4.78, 5) is 26.9. The summed E-state index contributed by atoms with van der Waals surface area (Å²) in [5.74, 6) is -1.58. The minimum atomic E-state index is -0.893. The number of nitrogens with zero attached hydrogens (tertiary/aromatic N) is 2. The van der Waals surface area contributed by atoms with Crippen LogP contribution in [-0.2, 0) is 9.59 Å². The summed E-state index contributed by atoms with van der Waals surface area (Å²) in [6, 6.07) is 7.90. The summed E-state index contributed by atoms with van der Waals surface area (Å²) in [6.07, 6.45) is 3.86. The van der Waals surface area contributed by atoms with E-state index in [9.17, 15) is 9.59 Å². The van der Waals surface area contributed by atoms with Gasteiger partial charge in [-0.2, -0.15) is 0 Å². The lowest BCUT2D eigenvalue weighted by Gasteiger charge is -2.29. The van der Waals surface area contributed by atoms with Crippen LogP contribution < -0.4 is 9.80 Å². The summed E-state index contributed by atoms with van der Waals surface area (Å²) in [5, 5.41) is 9.02. The molecule has 1 aromatic rings. The van der Waals surface area contributed by atoms with Crippen LogP contribution in [0.5, 0.6) is 0 Å². The molecule has 0 radical (unpaired) electrons. The van der Waals surface area contributed by atoms with Gasteiger partial charge < -0.3 is 14.9 Å². The van der Waals surface area contributed by atoms with Gasteiger partial charge in [0.05, 0.1) is 5.92 Å². The number of carbonyl (C=O) groups excluding carboxylic acids is 1. The molecule has 21 heavy (non-hydrogen) atoms. The SMILES string of the molecule is O=C(O)C1CC(=O)N(c2ccc(N3CCCCC3)cc2)C1. The molecule has 2 heterocycles. The lowest BCUT2D eigenvalue weighted by Crippen LogP contribution is -2.29. The Morgan fingerprint density at radius 3 is 2.24 bits per heavy atom. The third-order valence-electron chi connectivity index (χ3n) is 4.36. The Labute approximate surface area is 124 Å². The molecule has 0 aliphatic carbocycles. The van der Waals surface area contributed by atoms with E-state index in [1.807, 2.05) is 24.3 Å². The Morgan fingerprint density at radius 2 is 1.67 bits per heavy atom. The van der Waals surface area contributed by atoms with Crippen molar-refractivity contribution in [3.05, 3.63) is 24.3 Å². The number of anilines is 2. The summed E-state index contributed by atoms with van der Waals surface area (Å²) >= 11 is 0. The second-order valence-electron chi connectivity index (χ2n) is 5.81. The number of carbonyl (C=O) groups is 2. The zero-order chi connectivity index (χ0) is 14.8. The average Bonchev–Trinajstić information content (AvgIpc) is 2.91. The molecule has 1 unspecified atom stereocenters. The number of piperidine rings is 1. The molecule has 2 saturated heterocycles. The molecule has 2 fully saturated rings. The fourth-order valence-electron chi connectivity index (χ4n) is 3.12. The van der Waals surface area contributed by atoms with Crippen molar-refractivity contribution in [2.24, 2.45) is 5.92 Å². The maximum Gasteiger partial charge on any atom is 0.308 e. The van der Waals surface area contributed by atoms with Gasteiger partial charge in [0.25, 0.3) is 0 Å². The third kappa shape index (κ3) is 2.86. The van der Waals surface area contributed by atoms with Gasteiger partial charge in [0.1, 0.15) is 0 Å². The molecule has 2 aliphatic heterocycles. The summed E-state index contributed by atoms with van der Waals surface area (Å²) in [7, 11) is 0. The summed E-state index contributed by atoms with van der Waals surface area (Å²) in [6.45, 7) is 2.45. The van der Waals surface area contributed by atoms with E-state index in [2.05, 4.69) is 4.90 Å². The van der Waals surface area contributed by atoms with Gasteiger partial charge in [0.15, 0.2) is 0 Å². The van der Waals surface area contributed by atoms with Crippen LogP contribution in [0.1, 0.15) is 25.7 Å². The smallest absolute Gasteiger partial charge is 0.308 e. The summed E-state index contributed by atoms with van der Waals surface area (Å²) < 4.78 is 0. The standard InChI is InChI=1S/C16H20N2O3/c19-15-10-12(16(20)21)11-18(15)14-6-4-13(5-7-14)17-8-2-1-3-9-17/h4-7,12H,1-3,8-11H2,(H,20,21). The molecule has 5 nitrogen and oxygen atoms in total. The van der Waals surface area contributed by atoms with Gasteiger partial charge in [-0.05, 0) is 43.5 Å². The Bertz CT molecular complexity index is 535. The second kappa shape index (κ2) is 5.76. The van der Waals surface area contributed by atoms with Gasteiger partial charge >= 0.3 is 5.97 Å². The molecule has 1 aromatic carbocycles. The molecule has 2 aliphatic rings. The second-order valence-corrected chi connectivity index (χ2v) is 5.81. The molecule has 3 rings (SSSR count). The van der Waals surface area contributed by atoms with Gasteiger partial charge in [-0.25, -0.2) is 0 Å². The van der Waals surface area contributed by atoms with Crippen LogP contribution in [0.15, 0.2) is 24.3 Å². The Balaban J connectivity index is 1.72. The molecule has 112 valence electrons. The average molecular weight is 288 g/mol. The van der Waals surface area contributed by atoms with Crippen molar-refractivity contribution in [2.75, 3.05) is 29.4 Å². The minimum absolute atomic E-state index is 0.100. The number of hydrogen-bond donors (Lipinski definition) is 1. The van der Waals surface area contributed by atoms with Crippen molar-refractivity contribution in [3.63, 3.8) is 0 Å². The maximum atomic E-state index is 11.9. The van der Waals surface area contributed by atoms with E-state index in [1.165, 1.54) is 24.9 Å². The molecule has 1 amide bonds. The van der Waals surface area contributed by atoms with Crippen molar-refractivity contribution in [2.45, 2.75) is 25.7 Å². The number of carboxylic acids is 1. The molecule has 0 saturated carbocycles. The number of aliphatic carboxylic acids is 1. The van der Waals surface area contributed by atoms with E-state index in [0.717, 1.165) is 18.8 Å². The molecule has 1 N–H and O–H groups in total. The topological polar surface area (TPSA) is 60.9 Å². The van der Waals surface area contributed by atoms with E-state index in [0.29, 0.717) is 0 Å². The van der Waals surface area contributed by atoms with Crippen LogP contribution in [0.2, 0.25) is 0 Å². The van der Waals surface area contributed by atoms with E-state index in [-0.39, 0.29) is 18.9 Å². The normalized spacial score (nSPS) is 22.7. The molecular formula is C16H20N2O3. The van der Waals surface area contributed by atoms with Gasteiger partial charge in [-0.1, -0.05) is 0 Å². The number of benzene rings is 1. The number of carboxylic acid groups (broad SMARTS) is 1. The van der Waals surface area contributed by atoms with Crippen molar-refractivity contribution in [1.82, 2.24) is 0 Å². The Morgan fingerprint density at radius 1 is 1.05 bits per heavy atom. The van der Waals surface area contributed by atoms with Gasteiger partial charge in [-0.3, -0.25) is 9.59 Å². The molecule has 0 spiro atoms. The fourth-order valence-corrected chi connectivity index (χ4v) is 3.12. The number of hydrogen-bond acceptors (Lipinski definition) is 3. The van der Waals surface area contributed by atoms with Crippen molar-refractivity contribution in [1.29, 1.82) is 0 Å². The molecule has 5 heteroatoms. The van der Waals surface area contributed by atoms with Crippen molar-refractivity contribution in [3.8, 4) is 0 Å². The number of amides is 1. The highest BCUT2D eigenvalue weighted by molar-refractivity contribution is 5.99. The lowest BCUT2D eigenvalue weighted by molar-refractivity contribution is -0.141.